The van der Waals surface area contributed by atoms with Crippen molar-refractivity contribution in [1.29, 1.82) is 0 Å². The predicted octanol–water partition coefficient (Wildman–Crippen LogP) is 20.6. The summed E-state index contributed by atoms with van der Waals surface area (Å²) in [6.07, 6.45) is 77.2. The molecular formula is C69H126N2O7P+. The van der Waals surface area contributed by atoms with Gasteiger partial charge in [-0.05, 0) is 102 Å². The second kappa shape index (κ2) is 58.4. The van der Waals surface area contributed by atoms with Gasteiger partial charge in [0.05, 0.1) is 33.8 Å². The van der Waals surface area contributed by atoms with Crippen molar-refractivity contribution < 1.29 is 37.3 Å². The number of carbonyl (C=O) groups excluding carboxylic acids is 2. The lowest BCUT2D eigenvalue weighted by atomic mass is 10.0. The lowest BCUT2D eigenvalue weighted by Gasteiger charge is -2.27. The van der Waals surface area contributed by atoms with Gasteiger partial charge in [-0.2, -0.15) is 0 Å². The Bertz CT molecular complexity index is 1630. The summed E-state index contributed by atoms with van der Waals surface area (Å²) in [5.74, 6) is -0.526. The Kier molecular flexibility index (Phi) is 56.3. The fourth-order valence-electron chi connectivity index (χ4n) is 9.26. The zero-order chi connectivity index (χ0) is 57.9. The van der Waals surface area contributed by atoms with Crippen LogP contribution in [0.15, 0.2) is 85.1 Å². The van der Waals surface area contributed by atoms with Gasteiger partial charge < -0.3 is 19.4 Å². The highest BCUT2D eigenvalue weighted by Gasteiger charge is 2.30. The zero-order valence-electron chi connectivity index (χ0n) is 52.3. The van der Waals surface area contributed by atoms with Crippen molar-refractivity contribution in [2.24, 2.45) is 0 Å². The number of unbranched alkanes of at least 4 members (excludes halogenated alkanes) is 31. The number of hydrogen-bond donors (Lipinski definition) is 2. The number of quaternary nitrogens is 1. The van der Waals surface area contributed by atoms with Gasteiger partial charge in [0, 0.05) is 12.8 Å². The average molecular weight is 1130 g/mol. The summed E-state index contributed by atoms with van der Waals surface area (Å²) >= 11 is 0. The smallest absolute Gasteiger partial charge is 0.456 e. The third-order valence-electron chi connectivity index (χ3n) is 14.3. The molecule has 0 aliphatic carbocycles. The molecule has 2 N–H and O–H groups in total. The van der Waals surface area contributed by atoms with Crippen LogP contribution in [0.1, 0.15) is 290 Å². The maximum Gasteiger partial charge on any atom is 0.472 e. The fraction of sp³-hybridized carbons (Fsp3) is 0.768. The molecule has 0 aromatic heterocycles. The van der Waals surface area contributed by atoms with E-state index in [4.69, 9.17) is 13.8 Å². The number of nitrogens with one attached hydrogen (secondary N) is 1. The van der Waals surface area contributed by atoms with E-state index < -0.39 is 20.0 Å². The van der Waals surface area contributed by atoms with Crippen LogP contribution >= 0.6 is 7.82 Å². The molecule has 458 valence electrons. The van der Waals surface area contributed by atoms with E-state index in [0.29, 0.717) is 17.4 Å². The Hall–Kier alpha value is -2.81. The van der Waals surface area contributed by atoms with Gasteiger partial charge in [0.15, 0.2) is 0 Å². The highest BCUT2D eigenvalue weighted by molar-refractivity contribution is 7.47. The first-order chi connectivity index (χ1) is 38.4. The van der Waals surface area contributed by atoms with E-state index in [9.17, 15) is 19.0 Å². The Morgan fingerprint density at radius 1 is 0.456 bits per heavy atom. The summed E-state index contributed by atoms with van der Waals surface area (Å²) in [7, 11) is 1.48. The first-order valence-corrected chi connectivity index (χ1v) is 34.4. The Morgan fingerprint density at radius 2 is 0.810 bits per heavy atom. The normalized spacial score (nSPS) is 14.2. The van der Waals surface area contributed by atoms with Gasteiger partial charge in [0.25, 0.3) is 0 Å². The van der Waals surface area contributed by atoms with E-state index in [1.165, 1.54) is 148 Å². The van der Waals surface area contributed by atoms with E-state index in [1.54, 1.807) is 0 Å². The number of ether oxygens (including phenoxy) is 1. The summed E-state index contributed by atoms with van der Waals surface area (Å²) < 4.78 is 30.8. The molecule has 0 aliphatic rings. The summed E-state index contributed by atoms with van der Waals surface area (Å²) in [6, 6.07) is -0.864. The second-order valence-electron chi connectivity index (χ2n) is 23.3. The van der Waals surface area contributed by atoms with Crippen LogP contribution in [-0.2, 0) is 27.9 Å². The standard InChI is InChI=1S/C69H125N2O7P/c1-7-10-13-16-19-22-25-28-30-32-34-35-37-38-40-43-46-49-52-55-58-61-68(72)70-66(65-77-79(74,75)76-64-63-71(4,5)6)67(60-57-54-51-48-45-42-27-24-21-18-15-12-9-3)78-69(73)62-59-56-53-50-47-44-41-39-36-33-31-29-26-23-20-17-14-11-8-2/h10,13,19,22,28-31,34-35,38,40,57,60,66-67H,7-9,11-12,14-18,20-21,23-27,32-33,36-37,39,41-56,58-59,61-65H2,1-6H3,(H-,70,72,74,75)/p+1/b13-10-,22-19-,30-28-,31-29+,35-34-,40-38-,60-57+. The monoisotopic (exact) mass is 1130 g/mol. The molecule has 3 atom stereocenters. The molecule has 79 heavy (non-hydrogen) atoms. The molecule has 9 nitrogen and oxygen atoms in total. The van der Waals surface area contributed by atoms with Gasteiger partial charge in [0.1, 0.15) is 19.3 Å². The molecule has 0 radical (unpaired) electrons. The van der Waals surface area contributed by atoms with Crippen LogP contribution in [0.4, 0.5) is 0 Å². The SMILES string of the molecule is CC/C=C\C/C=C\C/C=C\C/C=C\C/C=C\CCCCCCCC(=O)NC(COP(=O)(O)OCC[N+](C)(C)C)C(/C=C/CCCCCCCCCCCCC)OC(=O)CCCCCCCCCCC/C=C/CCCCCCCC. The van der Waals surface area contributed by atoms with Crippen LogP contribution < -0.4 is 5.32 Å². The molecular weight excluding hydrogens is 1000 g/mol. The Labute approximate surface area is 488 Å². The number of carbonyl (C=O) groups is 2. The first-order valence-electron chi connectivity index (χ1n) is 32.9. The molecule has 0 rings (SSSR count). The summed E-state index contributed by atoms with van der Waals surface area (Å²) in [5, 5.41) is 3.05. The minimum absolute atomic E-state index is 0.0329. The van der Waals surface area contributed by atoms with Crippen molar-refractivity contribution >= 4 is 19.7 Å². The van der Waals surface area contributed by atoms with Gasteiger partial charge in [-0.1, -0.05) is 260 Å². The molecule has 0 heterocycles. The molecule has 3 unspecified atom stereocenters. The number of likely N-dealkylation sites (N-methyl/N-ethyl adjacent to an activating group) is 1. The van der Waals surface area contributed by atoms with Crippen LogP contribution in [0.3, 0.4) is 0 Å². The van der Waals surface area contributed by atoms with E-state index in [-0.39, 0.29) is 31.5 Å². The summed E-state index contributed by atoms with van der Waals surface area (Å²) in [4.78, 5) is 37.8. The molecule has 1 amide bonds. The highest BCUT2D eigenvalue weighted by Crippen LogP contribution is 2.43. The molecule has 10 heteroatoms. The molecule has 0 aromatic carbocycles. The van der Waals surface area contributed by atoms with Gasteiger partial charge in [-0.3, -0.25) is 18.6 Å². The molecule has 0 aliphatic heterocycles. The van der Waals surface area contributed by atoms with Crippen LogP contribution in [0.5, 0.6) is 0 Å². The summed E-state index contributed by atoms with van der Waals surface area (Å²) in [6.45, 7) is 6.90. The largest absolute Gasteiger partial charge is 0.472 e. The molecule has 0 saturated carbocycles. The topological polar surface area (TPSA) is 111 Å². The third-order valence-corrected chi connectivity index (χ3v) is 15.3. The number of allylic oxidation sites excluding steroid dienone is 13. The number of nitrogens with zero attached hydrogens (tertiary/aromatic N) is 1. The van der Waals surface area contributed by atoms with Crippen molar-refractivity contribution in [2.75, 3.05) is 40.9 Å². The zero-order valence-corrected chi connectivity index (χ0v) is 53.2. The molecule has 0 aromatic rings. The van der Waals surface area contributed by atoms with Crippen molar-refractivity contribution in [1.82, 2.24) is 5.32 Å². The maximum atomic E-state index is 13.6. The maximum absolute atomic E-state index is 13.6. The lowest BCUT2D eigenvalue weighted by molar-refractivity contribution is -0.870. The minimum Gasteiger partial charge on any atom is -0.456 e. The number of phosphoric acid groups is 1. The van der Waals surface area contributed by atoms with Gasteiger partial charge in [-0.25, -0.2) is 4.57 Å². The number of amides is 1. The van der Waals surface area contributed by atoms with E-state index >= 15 is 0 Å². The molecule has 0 bridgehead atoms. The number of esters is 1. The minimum atomic E-state index is -4.46. The molecule has 0 fully saturated rings. The Balaban J connectivity index is 5.27. The van der Waals surface area contributed by atoms with Crippen molar-refractivity contribution in [3.8, 4) is 0 Å². The molecule has 0 saturated heterocycles. The second-order valence-corrected chi connectivity index (χ2v) is 24.7. The van der Waals surface area contributed by atoms with Crippen LogP contribution in [0.2, 0.25) is 0 Å². The highest BCUT2D eigenvalue weighted by atomic mass is 31.2. The fourth-order valence-corrected chi connectivity index (χ4v) is 9.99. The lowest BCUT2D eigenvalue weighted by Crippen LogP contribution is -2.47. The predicted molar refractivity (Wildman–Crippen MR) is 341 cm³/mol. The Morgan fingerprint density at radius 3 is 1.23 bits per heavy atom. The summed E-state index contributed by atoms with van der Waals surface area (Å²) in [5.41, 5.74) is 0. The number of rotatable bonds is 59. The van der Waals surface area contributed by atoms with Gasteiger partial charge in [-0.15, -0.1) is 0 Å². The van der Waals surface area contributed by atoms with Gasteiger partial charge in [0.2, 0.25) is 5.91 Å². The van der Waals surface area contributed by atoms with E-state index in [2.05, 4.69) is 99.0 Å². The van der Waals surface area contributed by atoms with Crippen LogP contribution in [0.25, 0.3) is 0 Å². The quantitative estimate of drug-likeness (QED) is 0.0205. The number of phosphoric ester groups is 1. The van der Waals surface area contributed by atoms with Crippen molar-refractivity contribution in [3.05, 3.63) is 85.1 Å². The number of hydrogen-bond acceptors (Lipinski definition) is 6. The van der Waals surface area contributed by atoms with Crippen molar-refractivity contribution in [3.63, 3.8) is 0 Å². The molecule has 0 spiro atoms. The van der Waals surface area contributed by atoms with Crippen LogP contribution in [-0.4, -0.2) is 74.3 Å². The van der Waals surface area contributed by atoms with Crippen LogP contribution in [0, 0.1) is 0 Å². The van der Waals surface area contributed by atoms with E-state index in [1.807, 2.05) is 33.3 Å². The third kappa shape index (κ3) is 59.6. The van der Waals surface area contributed by atoms with Crippen molar-refractivity contribution in [2.45, 2.75) is 303 Å². The average Bonchev–Trinajstić information content (AvgIpc) is 3.41. The van der Waals surface area contributed by atoms with E-state index in [0.717, 1.165) is 109 Å². The first kappa shape index (κ1) is 76.2. The van der Waals surface area contributed by atoms with Gasteiger partial charge >= 0.3 is 13.8 Å².